The van der Waals surface area contributed by atoms with Crippen LogP contribution >= 0.6 is 0 Å². The Bertz CT molecular complexity index is 600. The largest absolute Gasteiger partial charge is 0.387 e. The second-order valence-corrected chi connectivity index (χ2v) is 5.84. The lowest BCUT2D eigenvalue weighted by Crippen LogP contribution is -2.34. The van der Waals surface area contributed by atoms with Gasteiger partial charge in [0.15, 0.2) is 6.10 Å². The van der Waals surface area contributed by atoms with E-state index in [1.807, 2.05) is 35.2 Å². The Balaban J connectivity index is 1.38. The molecule has 2 aliphatic rings. The third-order valence-electron chi connectivity index (χ3n) is 4.16. The number of likely N-dealkylation sites (tertiary alicyclic amines) is 1. The minimum atomic E-state index is -0.184. The van der Waals surface area contributed by atoms with Crippen LogP contribution in [0.15, 0.2) is 35.5 Å². The summed E-state index contributed by atoms with van der Waals surface area (Å²) in [5.41, 5.74) is 1.45. The van der Waals surface area contributed by atoms with E-state index in [1.165, 1.54) is 0 Å². The normalized spacial score (nSPS) is 20.3. The zero-order valence-electron chi connectivity index (χ0n) is 13.0. The first kappa shape index (κ1) is 15.5. The van der Waals surface area contributed by atoms with Crippen LogP contribution in [-0.4, -0.2) is 42.1 Å². The SMILES string of the molecule is O=C(NCCCN1CCCC1=O)C1=NOC(c2ccccc2)C1. The monoisotopic (exact) mass is 315 g/mol. The molecule has 0 radical (unpaired) electrons. The first-order valence-electron chi connectivity index (χ1n) is 8.07. The number of rotatable bonds is 6. The minimum absolute atomic E-state index is 0.181. The van der Waals surface area contributed by atoms with Crippen molar-refractivity contribution >= 4 is 17.5 Å². The molecule has 1 saturated heterocycles. The average molecular weight is 315 g/mol. The third-order valence-corrected chi connectivity index (χ3v) is 4.16. The van der Waals surface area contributed by atoms with Gasteiger partial charge in [0.2, 0.25) is 5.91 Å². The lowest BCUT2D eigenvalue weighted by Gasteiger charge is -2.15. The van der Waals surface area contributed by atoms with Crippen molar-refractivity contribution in [2.75, 3.05) is 19.6 Å². The van der Waals surface area contributed by atoms with Crippen LogP contribution < -0.4 is 5.32 Å². The number of oxime groups is 1. The summed E-state index contributed by atoms with van der Waals surface area (Å²) in [6.45, 7) is 2.08. The van der Waals surface area contributed by atoms with Gasteiger partial charge in [0.25, 0.3) is 5.91 Å². The molecule has 0 saturated carbocycles. The van der Waals surface area contributed by atoms with E-state index in [0.29, 0.717) is 31.6 Å². The molecule has 1 atom stereocenters. The molecular formula is C17H21N3O3. The Kier molecular flexibility index (Phi) is 4.90. The number of carbonyl (C=O) groups is 2. The average Bonchev–Trinajstić information content (AvgIpc) is 3.22. The fourth-order valence-corrected chi connectivity index (χ4v) is 2.87. The van der Waals surface area contributed by atoms with E-state index in [-0.39, 0.29) is 17.9 Å². The van der Waals surface area contributed by atoms with Crippen molar-refractivity contribution in [1.82, 2.24) is 10.2 Å². The fourth-order valence-electron chi connectivity index (χ4n) is 2.87. The Morgan fingerprint density at radius 1 is 1.35 bits per heavy atom. The van der Waals surface area contributed by atoms with Crippen LogP contribution in [-0.2, 0) is 14.4 Å². The number of hydrogen-bond donors (Lipinski definition) is 1. The minimum Gasteiger partial charge on any atom is -0.387 e. The third kappa shape index (κ3) is 3.88. The first-order chi connectivity index (χ1) is 11.2. The quantitative estimate of drug-likeness (QED) is 0.811. The molecule has 0 spiro atoms. The summed E-state index contributed by atoms with van der Waals surface area (Å²) in [6, 6.07) is 9.76. The molecule has 6 nitrogen and oxygen atoms in total. The molecule has 122 valence electrons. The van der Waals surface area contributed by atoms with E-state index in [0.717, 1.165) is 24.9 Å². The summed E-state index contributed by atoms with van der Waals surface area (Å²) >= 11 is 0. The number of nitrogens with zero attached hydrogens (tertiary/aromatic N) is 2. The predicted molar refractivity (Wildman–Crippen MR) is 85.8 cm³/mol. The van der Waals surface area contributed by atoms with Gasteiger partial charge in [0.1, 0.15) is 5.71 Å². The van der Waals surface area contributed by atoms with Crippen molar-refractivity contribution in [3.05, 3.63) is 35.9 Å². The van der Waals surface area contributed by atoms with Crippen molar-refractivity contribution < 1.29 is 14.4 Å². The molecule has 2 amide bonds. The van der Waals surface area contributed by atoms with Crippen molar-refractivity contribution in [2.45, 2.75) is 31.8 Å². The van der Waals surface area contributed by atoms with Crippen LogP contribution in [0.5, 0.6) is 0 Å². The van der Waals surface area contributed by atoms with Gasteiger partial charge in [-0.25, -0.2) is 0 Å². The predicted octanol–water partition coefficient (Wildman–Crippen LogP) is 1.63. The maximum Gasteiger partial charge on any atom is 0.269 e. The molecule has 3 rings (SSSR count). The lowest BCUT2D eigenvalue weighted by molar-refractivity contribution is -0.127. The molecule has 1 unspecified atom stereocenters. The Hall–Kier alpha value is -2.37. The summed E-state index contributed by atoms with van der Waals surface area (Å²) in [7, 11) is 0. The summed E-state index contributed by atoms with van der Waals surface area (Å²) in [5, 5.41) is 6.75. The summed E-state index contributed by atoms with van der Waals surface area (Å²) in [4.78, 5) is 30.8. The summed E-state index contributed by atoms with van der Waals surface area (Å²) < 4.78 is 0. The van der Waals surface area contributed by atoms with Gasteiger partial charge in [-0.05, 0) is 18.4 Å². The zero-order valence-corrected chi connectivity index (χ0v) is 13.0. The van der Waals surface area contributed by atoms with Gasteiger partial charge in [-0.2, -0.15) is 0 Å². The van der Waals surface area contributed by atoms with Crippen molar-refractivity contribution in [1.29, 1.82) is 0 Å². The number of amides is 2. The van der Waals surface area contributed by atoms with Crippen LogP contribution in [0.3, 0.4) is 0 Å². The fraction of sp³-hybridized carbons (Fsp3) is 0.471. The molecule has 1 aromatic carbocycles. The molecule has 1 N–H and O–H groups in total. The molecule has 6 heteroatoms. The van der Waals surface area contributed by atoms with Crippen molar-refractivity contribution in [3.8, 4) is 0 Å². The van der Waals surface area contributed by atoms with Gasteiger partial charge >= 0.3 is 0 Å². The van der Waals surface area contributed by atoms with Crippen LogP contribution in [0.4, 0.5) is 0 Å². The Morgan fingerprint density at radius 3 is 2.91 bits per heavy atom. The Labute approximate surface area is 135 Å². The second kappa shape index (κ2) is 7.26. The van der Waals surface area contributed by atoms with E-state index in [9.17, 15) is 9.59 Å². The maximum atomic E-state index is 12.1. The maximum absolute atomic E-state index is 12.1. The van der Waals surface area contributed by atoms with Gasteiger partial charge < -0.3 is 15.1 Å². The second-order valence-electron chi connectivity index (χ2n) is 5.84. The van der Waals surface area contributed by atoms with Crippen LogP contribution in [0.1, 0.15) is 37.4 Å². The molecule has 23 heavy (non-hydrogen) atoms. The van der Waals surface area contributed by atoms with Crippen LogP contribution in [0, 0.1) is 0 Å². The molecule has 1 aromatic rings. The van der Waals surface area contributed by atoms with Gasteiger partial charge in [-0.15, -0.1) is 0 Å². The standard InChI is InChI=1S/C17H21N3O3/c21-16-8-4-10-20(16)11-5-9-18-17(22)14-12-15(23-19-14)13-6-2-1-3-7-13/h1-3,6-7,15H,4-5,8-12H2,(H,18,22). The highest BCUT2D eigenvalue weighted by Crippen LogP contribution is 2.26. The van der Waals surface area contributed by atoms with E-state index in [2.05, 4.69) is 10.5 Å². The van der Waals surface area contributed by atoms with Crippen molar-refractivity contribution in [2.24, 2.45) is 5.16 Å². The van der Waals surface area contributed by atoms with E-state index < -0.39 is 0 Å². The zero-order chi connectivity index (χ0) is 16.1. The van der Waals surface area contributed by atoms with Gasteiger partial charge in [-0.1, -0.05) is 35.5 Å². The van der Waals surface area contributed by atoms with Gasteiger partial charge in [0, 0.05) is 32.5 Å². The molecule has 0 aromatic heterocycles. The molecule has 2 aliphatic heterocycles. The molecule has 0 aliphatic carbocycles. The van der Waals surface area contributed by atoms with E-state index in [1.54, 1.807) is 0 Å². The number of hydrogen-bond acceptors (Lipinski definition) is 4. The van der Waals surface area contributed by atoms with Gasteiger partial charge in [-0.3, -0.25) is 9.59 Å². The number of nitrogens with one attached hydrogen (secondary N) is 1. The topological polar surface area (TPSA) is 71.0 Å². The number of carbonyl (C=O) groups excluding carboxylic acids is 2. The van der Waals surface area contributed by atoms with Crippen LogP contribution in [0.25, 0.3) is 0 Å². The highest BCUT2D eigenvalue weighted by molar-refractivity contribution is 6.39. The van der Waals surface area contributed by atoms with E-state index >= 15 is 0 Å². The Morgan fingerprint density at radius 2 is 2.17 bits per heavy atom. The molecular weight excluding hydrogens is 294 g/mol. The molecule has 0 bridgehead atoms. The molecule has 1 fully saturated rings. The lowest BCUT2D eigenvalue weighted by atomic mass is 10.0. The van der Waals surface area contributed by atoms with Gasteiger partial charge in [0.05, 0.1) is 0 Å². The molecule has 2 heterocycles. The highest BCUT2D eigenvalue weighted by atomic mass is 16.6. The smallest absolute Gasteiger partial charge is 0.269 e. The van der Waals surface area contributed by atoms with Crippen LogP contribution in [0.2, 0.25) is 0 Å². The summed E-state index contributed by atoms with van der Waals surface area (Å²) in [6.07, 6.45) is 2.66. The number of benzene rings is 1. The summed E-state index contributed by atoms with van der Waals surface area (Å²) in [5.74, 6) is 0.0341. The van der Waals surface area contributed by atoms with E-state index in [4.69, 9.17) is 4.84 Å². The first-order valence-corrected chi connectivity index (χ1v) is 8.07. The van der Waals surface area contributed by atoms with Crippen molar-refractivity contribution in [3.63, 3.8) is 0 Å². The highest BCUT2D eigenvalue weighted by Gasteiger charge is 2.27.